The number of hydrogen-bond donors (Lipinski definition) is 1. The van der Waals surface area contributed by atoms with Gasteiger partial charge in [-0.1, -0.05) is 32.9 Å². The van der Waals surface area contributed by atoms with E-state index in [1.807, 2.05) is 13.8 Å². The third-order valence-corrected chi connectivity index (χ3v) is 9.13. The molecule has 2 fully saturated rings. The third kappa shape index (κ3) is 7.62. The van der Waals surface area contributed by atoms with Gasteiger partial charge in [-0.05, 0) is 31.8 Å². The lowest BCUT2D eigenvalue weighted by Crippen LogP contribution is -2.66. The molecule has 0 bridgehead atoms. The first kappa shape index (κ1) is 36.7. The average molecular weight is 651 g/mol. The average Bonchev–Trinajstić information content (AvgIpc) is 3.13. The van der Waals surface area contributed by atoms with Gasteiger partial charge in [0.05, 0.1) is 11.3 Å². The monoisotopic (exact) mass is 650 g/mol. The fourth-order valence-electron chi connectivity index (χ4n) is 7.00. The molecule has 1 saturated heterocycles. The fourth-order valence-corrected chi connectivity index (χ4v) is 7.00. The first-order valence-corrected chi connectivity index (χ1v) is 15.5. The predicted octanol–water partition coefficient (Wildman–Crippen LogP) is 2.90. The van der Waals surface area contributed by atoms with Crippen LogP contribution in [0.25, 0.3) is 0 Å². The minimum Gasteiger partial charge on any atom is -0.462 e. The fraction of sp³-hybridized carbons (Fsp3) is 0.697. The molecule has 0 aromatic rings. The van der Waals surface area contributed by atoms with E-state index in [0.717, 1.165) is 6.92 Å². The van der Waals surface area contributed by atoms with Crippen molar-refractivity contribution in [3.8, 4) is 0 Å². The van der Waals surface area contributed by atoms with Crippen molar-refractivity contribution in [2.45, 2.75) is 117 Å². The number of aliphatic hydroxyl groups is 1. The van der Waals surface area contributed by atoms with Gasteiger partial charge in [0, 0.05) is 52.0 Å². The maximum absolute atomic E-state index is 13.2. The molecule has 46 heavy (non-hydrogen) atoms. The Balaban J connectivity index is 2.41. The van der Waals surface area contributed by atoms with E-state index in [4.69, 9.17) is 28.4 Å². The van der Waals surface area contributed by atoms with Gasteiger partial charge in [0.2, 0.25) is 0 Å². The first-order chi connectivity index (χ1) is 21.3. The van der Waals surface area contributed by atoms with E-state index in [1.54, 1.807) is 6.92 Å². The number of ether oxygens (including phenoxy) is 6. The summed E-state index contributed by atoms with van der Waals surface area (Å²) >= 11 is 0. The molecule has 0 aromatic heterocycles. The van der Waals surface area contributed by atoms with Crippen LogP contribution < -0.4 is 0 Å². The molecule has 2 aliphatic carbocycles. The molecule has 0 amide bonds. The number of rotatable bonds is 8. The van der Waals surface area contributed by atoms with Crippen molar-refractivity contribution < 1.29 is 62.3 Å². The van der Waals surface area contributed by atoms with Crippen LogP contribution in [0.5, 0.6) is 0 Å². The molecule has 0 spiro atoms. The Morgan fingerprint density at radius 1 is 0.978 bits per heavy atom. The van der Waals surface area contributed by atoms with E-state index in [9.17, 15) is 33.9 Å². The number of fused-ring (bicyclic) bond motifs is 2. The Morgan fingerprint density at radius 3 is 2.09 bits per heavy atom. The van der Waals surface area contributed by atoms with Crippen LogP contribution in [0, 0.1) is 23.2 Å². The molecule has 1 saturated carbocycles. The van der Waals surface area contributed by atoms with Gasteiger partial charge in [0.25, 0.3) is 0 Å². The van der Waals surface area contributed by atoms with Crippen molar-refractivity contribution in [2.75, 3.05) is 6.61 Å². The molecule has 9 unspecified atom stereocenters. The van der Waals surface area contributed by atoms with Crippen LogP contribution in [-0.2, 0) is 57.2 Å². The molecule has 13 heteroatoms. The smallest absolute Gasteiger partial charge is 0.312 e. The highest BCUT2D eigenvalue weighted by Gasteiger charge is 2.68. The Labute approximate surface area is 268 Å². The molecule has 3 rings (SSSR count). The zero-order chi connectivity index (χ0) is 34.7. The maximum Gasteiger partial charge on any atom is 0.312 e. The van der Waals surface area contributed by atoms with Crippen LogP contribution in [0.15, 0.2) is 23.8 Å². The number of esters is 6. The van der Waals surface area contributed by atoms with Crippen molar-refractivity contribution in [3.05, 3.63) is 23.8 Å². The molecule has 3 aliphatic rings. The Kier molecular flexibility index (Phi) is 11.5. The zero-order valence-corrected chi connectivity index (χ0v) is 27.8. The van der Waals surface area contributed by atoms with Crippen molar-refractivity contribution in [3.63, 3.8) is 0 Å². The maximum atomic E-state index is 13.2. The van der Waals surface area contributed by atoms with Gasteiger partial charge in [-0.3, -0.25) is 28.8 Å². The summed E-state index contributed by atoms with van der Waals surface area (Å²) in [6.07, 6.45) is -4.75. The van der Waals surface area contributed by atoms with E-state index in [2.05, 4.69) is 6.58 Å². The second kappa shape index (κ2) is 14.4. The van der Waals surface area contributed by atoms with Crippen molar-refractivity contribution >= 4 is 35.8 Å². The van der Waals surface area contributed by atoms with E-state index >= 15 is 0 Å². The van der Waals surface area contributed by atoms with Crippen LogP contribution in [0.3, 0.4) is 0 Å². The highest BCUT2D eigenvalue weighted by Crippen LogP contribution is 2.56. The van der Waals surface area contributed by atoms with Gasteiger partial charge >= 0.3 is 35.8 Å². The Morgan fingerprint density at radius 2 is 1.54 bits per heavy atom. The molecule has 256 valence electrons. The molecule has 0 radical (unpaired) electrons. The largest absolute Gasteiger partial charge is 0.462 e. The molecule has 1 heterocycles. The lowest BCUT2D eigenvalue weighted by atomic mass is 9.54. The minimum atomic E-state index is -2.26. The first-order valence-electron chi connectivity index (χ1n) is 15.5. The summed E-state index contributed by atoms with van der Waals surface area (Å²) in [5.41, 5.74) is -3.14. The van der Waals surface area contributed by atoms with Crippen molar-refractivity contribution in [2.24, 2.45) is 23.2 Å². The summed E-state index contributed by atoms with van der Waals surface area (Å²) in [6, 6.07) is 0. The summed E-state index contributed by atoms with van der Waals surface area (Å²) in [5, 5.41) is 12.6. The van der Waals surface area contributed by atoms with Crippen LogP contribution in [0.1, 0.15) is 81.1 Å². The zero-order valence-electron chi connectivity index (χ0n) is 27.8. The summed E-state index contributed by atoms with van der Waals surface area (Å²) in [6.45, 7) is 15.2. The van der Waals surface area contributed by atoms with Crippen LogP contribution in [0.4, 0.5) is 0 Å². The third-order valence-electron chi connectivity index (χ3n) is 9.13. The van der Waals surface area contributed by atoms with Gasteiger partial charge in [0.15, 0.2) is 11.7 Å². The number of carbonyl (C=O) groups is 6. The number of carbonyl (C=O) groups excluding carboxylic acids is 6. The molecular formula is C33H46O13. The quantitative estimate of drug-likeness (QED) is 0.231. The number of hydrogen-bond acceptors (Lipinski definition) is 13. The SMILES string of the molecule is C=C1CCC(OC(C)=O)C2(C)C(OC(C)=O)CC(OC(C)=O)C(COC(=O)CC(C)C)=CC3OC(=O)C(C)C3(O)C(OC(C)=O)C12. The van der Waals surface area contributed by atoms with Crippen molar-refractivity contribution in [1.29, 1.82) is 0 Å². The highest BCUT2D eigenvalue weighted by atomic mass is 16.6. The highest BCUT2D eigenvalue weighted by molar-refractivity contribution is 5.78. The van der Waals surface area contributed by atoms with E-state index in [1.165, 1.54) is 33.8 Å². The normalized spacial score (nSPS) is 34.2. The van der Waals surface area contributed by atoms with Gasteiger partial charge in [0.1, 0.15) is 31.0 Å². The lowest BCUT2D eigenvalue weighted by Gasteiger charge is -2.55. The topological polar surface area (TPSA) is 178 Å². The summed E-state index contributed by atoms with van der Waals surface area (Å²) < 4.78 is 34.6. The van der Waals surface area contributed by atoms with Gasteiger partial charge in [-0.2, -0.15) is 0 Å². The second-order valence-corrected chi connectivity index (χ2v) is 13.1. The summed E-state index contributed by atoms with van der Waals surface area (Å²) in [7, 11) is 0. The predicted molar refractivity (Wildman–Crippen MR) is 159 cm³/mol. The van der Waals surface area contributed by atoms with Gasteiger partial charge in [-0.25, -0.2) is 0 Å². The summed E-state index contributed by atoms with van der Waals surface area (Å²) in [4.78, 5) is 76.1. The van der Waals surface area contributed by atoms with Crippen molar-refractivity contribution in [1.82, 2.24) is 0 Å². The van der Waals surface area contributed by atoms with E-state index in [-0.39, 0.29) is 37.2 Å². The molecule has 13 nitrogen and oxygen atoms in total. The second-order valence-electron chi connectivity index (χ2n) is 13.1. The van der Waals surface area contributed by atoms with Crippen LogP contribution in [0.2, 0.25) is 0 Å². The molecule has 1 N–H and O–H groups in total. The minimum absolute atomic E-state index is 0.0242. The van der Waals surface area contributed by atoms with Gasteiger partial charge in [-0.15, -0.1) is 0 Å². The van der Waals surface area contributed by atoms with E-state index < -0.39 is 95.8 Å². The Hall–Kier alpha value is -3.74. The standard InChI is InChI=1S/C33H46O13/c1-16(2)12-28(38)41-15-23-13-27-33(40,18(4)31(39)46-27)30(45-22(8)37)29-17(3)10-11-25(43-20(6)35)32(29,9)26(44-21(7)36)14-24(23)42-19(5)34/h13,16,18,24-27,29-30,40H,3,10-12,14-15H2,1-2,4-9H3. The van der Waals surface area contributed by atoms with Crippen LogP contribution in [-0.4, -0.2) is 83.7 Å². The molecular weight excluding hydrogens is 604 g/mol. The van der Waals surface area contributed by atoms with Gasteiger partial charge < -0.3 is 33.5 Å². The lowest BCUT2D eigenvalue weighted by molar-refractivity contribution is -0.222. The molecule has 9 atom stereocenters. The molecule has 0 aromatic carbocycles. The van der Waals surface area contributed by atoms with Crippen LogP contribution >= 0.6 is 0 Å². The Bertz CT molecular complexity index is 1280. The summed E-state index contributed by atoms with van der Waals surface area (Å²) in [5.74, 6) is -6.60. The molecule has 1 aliphatic heterocycles. The van der Waals surface area contributed by atoms with E-state index in [0.29, 0.717) is 5.57 Å².